The maximum atomic E-state index is 12.9. The zero-order valence-corrected chi connectivity index (χ0v) is 19.9. The minimum Gasteiger partial charge on any atom is -0.349 e. The summed E-state index contributed by atoms with van der Waals surface area (Å²) >= 11 is 0. The molecule has 1 heterocycles. The van der Waals surface area contributed by atoms with Crippen molar-refractivity contribution in [1.82, 2.24) is 10.2 Å². The third kappa shape index (κ3) is 6.81. The molecule has 0 saturated carbocycles. The zero-order chi connectivity index (χ0) is 24.0. The summed E-state index contributed by atoms with van der Waals surface area (Å²) in [6, 6.07) is 16.1. The number of nitrogens with zero attached hydrogens (tertiary/aromatic N) is 1. The molecule has 2 aromatic carbocycles. The van der Waals surface area contributed by atoms with Crippen molar-refractivity contribution in [3.63, 3.8) is 0 Å². The maximum Gasteiger partial charge on any atom is 0.323 e. The Morgan fingerprint density at radius 1 is 0.939 bits per heavy atom. The fraction of sp³-hybridized carbons (Fsp3) is 0.423. The Morgan fingerprint density at radius 3 is 2.15 bits per heavy atom. The van der Waals surface area contributed by atoms with Crippen molar-refractivity contribution in [1.29, 1.82) is 0 Å². The molecule has 3 rings (SSSR count). The van der Waals surface area contributed by atoms with Crippen LogP contribution in [0.1, 0.15) is 52.1 Å². The van der Waals surface area contributed by atoms with Crippen LogP contribution in [0.5, 0.6) is 0 Å². The first-order valence-corrected chi connectivity index (χ1v) is 11.5. The smallest absolute Gasteiger partial charge is 0.323 e. The number of anilines is 2. The summed E-state index contributed by atoms with van der Waals surface area (Å²) in [6.07, 6.45) is 1.62. The molecule has 4 amide bonds. The average molecular weight is 451 g/mol. The van der Waals surface area contributed by atoms with Gasteiger partial charge in [0.05, 0.1) is 12.0 Å². The fourth-order valence-corrected chi connectivity index (χ4v) is 3.93. The van der Waals surface area contributed by atoms with Crippen molar-refractivity contribution in [2.24, 2.45) is 11.3 Å². The Bertz CT molecular complexity index is 967. The molecule has 2 aromatic rings. The number of hydrogen-bond donors (Lipinski definition) is 3. The molecule has 1 aliphatic rings. The number of urea groups is 1. The summed E-state index contributed by atoms with van der Waals surface area (Å²) < 4.78 is 0. The fourth-order valence-electron chi connectivity index (χ4n) is 3.93. The topological polar surface area (TPSA) is 90.5 Å². The first-order valence-electron chi connectivity index (χ1n) is 11.5. The van der Waals surface area contributed by atoms with Crippen molar-refractivity contribution < 1.29 is 14.4 Å². The van der Waals surface area contributed by atoms with Crippen LogP contribution < -0.4 is 16.0 Å². The van der Waals surface area contributed by atoms with E-state index in [-0.39, 0.29) is 29.8 Å². The number of likely N-dealkylation sites (tertiary alicyclic amines) is 1. The van der Waals surface area contributed by atoms with Crippen LogP contribution in [0.3, 0.4) is 0 Å². The van der Waals surface area contributed by atoms with Crippen LogP contribution in [0.15, 0.2) is 54.6 Å². The van der Waals surface area contributed by atoms with Gasteiger partial charge in [-0.2, -0.15) is 0 Å². The third-order valence-electron chi connectivity index (χ3n) is 5.78. The number of piperidine rings is 1. The van der Waals surface area contributed by atoms with Gasteiger partial charge in [-0.3, -0.25) is 9.59 Å². The van der Waals surface area contributed by atoms with Gasteiger partial charge in [0, 0.05) is 29.9 Å². The summed E-state index contributed by atoms with van der Waals surface area (Å²) in [5.41, 5.74) is 1.87. The lowest BCUT2D eigenvalue weighted by molar-refractivity contribution is -0.142. The SMILES string of the molecule is CC(NC(=O)C1CCCN(C(=O)C(C)(C)C)C1)c1ccc(NC(=O)Nc2ccccc2)cc1. The van der Waals surface area contributed by atoms with Crippen molar-refractivity contribution >= 4 is 29.2 Å². The molecule has 1 saturated heterocycles. The molecule has 3 N–H and O–H groups in total. The minimum atomic E-state index is -0.445. The average Bonchev–Trinajstić information content (AvgIpc) is 2.79. The summed E-state index contributed by atoms with van der Waals surface area (Å²) in [5, 5.41) is 8.66. The number of carbonyl (C=O) groups is 3. The van der Waals surface area contributed by atoms with E-state index in [0.29, 0.717) is 24.5 Å². The number of rotatable bonds is 5. The van der Waals surface area contributed by atoms with Crippen LogP contribution in [-0.2, 0) is 9.59 Å². The molecule has 2 atom stereocenters. The molecular weight excluding hydrogens is 416 g/mol. The molecular formula is C26H34N4O3. The monoisotopic (exact) mass is 450 g/mol. The molecule has 0 aliphatic carbocycles. The Balaban J connectivity index is 1.52. The van der Waals surface area contributed by atoms with Gasteiger partial charge in [0.2, 0.25) is 11.8 Å². The van der Waals surface area contributed by atoms with Crippen LogP contribution >= 0.6 is 0 Å². The number of para-hydroxylation sites is 1. The minimum absolute atomic E-state index is 0.0293. The highest BCUT2D eigenvalue weighted by molar-refractivity contribution is 5.99. The van der Waals surface area contributed by atoms with Gasteiger partial charge in [0.1, 0.15) is 0 Å². The van der Waals surface area contributed by atoms with Gasteiger partial charge in [-0.1, -0.05) is 51.1 Å². The number of nitrogens with one attached hydrogen (secondary N) is 3. The molecule has 0 radical (unpaired) electrons. The van der Waals surface area contributed by atoms with Crippen LogP contribution in [0.2, 0.25) is 0 Å². The van der Waals surface area contributed by atoms with E-state index in [1.807, 2.05) is 87.2 Å². The Morgan fingerprint density at radius 2 is 1.55 bits per heavy atom. The standard InChI is InChI=1S/C26H34N4O3/c1-18(27-23(31)20-9-8-16-30(17-20)24(32)26(2,3)4)19-12-14-22(15-13-19)29-25(33)28-21-10-6-5-7-11-21/h5-7,10-15,18,20H,8-9,16-17H2,1-4H3,(H,27,31)(H2,28,29,33). The first kappa shape index (κ1) is 24.3. The highest BCUT2D eigenvalue weighted by atomic mass is 16.2. The van der Waals surface area contributed by atoms with E-state index in [9.17, 15) is 14.4 Å². The second kappa shape index (κ2) is 10.5. The van der Waals surface area contributed by atoms with Crippen molar-refractivity contribution in [2.45, 2.75) is 46.6 Å². The molecule has 1 fully saturated rings. The third-order valence-corrected chi connectivity index (χ3v) is 5.78. The summed E-state index contributed by atoms with van der Waals surface area (Å²) in [5.74, 6) is -0.138. The summed E-state index contributed by atoms with van der Waals surface area (Å²) in [4.78, 5) is 39.4. The number of amides is 4. The van der Waals surface area contributed by atoms with E-state index in [4.69, 9.17) is 0 Å². The highest BCUT2D eigenvalue weighted by Crippen LogP contribution is 2.24. The molecule has 1 aliphatic heterocycles. The van der Waals surface area contributed by atoms with Gasteiger partial charge in [-0.05, 0) is 49.6 Å². The van der Waals surface area contributed by atoms with E-state index in [2.05, 4.69) is 16.0 Å². The highest BCUT2D eigenvalue weighted by Gasteiger charge is 2.33. The van der Waals surface area contributed by atoms with Crippen molar-refractivity contribution in [3.05, 3.63) is 60.2 Å². The van der Waals surface area contributed by atoms with Crippen LogP contribution in [0.4, 0.5) is 16.2 Å². The van der Waals surface area contributed by atoms with E-state index in [1.165, 1.54) is 0 Å². The maximum absolute atomic E-state index is 12.9. The van der Waals surface area contributed by atoms with Gasteiger partial charge in [0.15, 0.2) is 0 Å². The quantitative estimate of drug-likeness (QED) is 0.612. The van der Waals surface area contributed by atoms with Gasteiger partial charge in [-0.15, -0.1) is 0 Å². The predicted molar refractivity (Wildman–Crippen MR) is 131 cm³/mol. The summed E-state index contributed by atoms with van der Waals surface area (Å²) in [6.45, 7) is 8.83. The lowest BCUT2D eigenvalue weighted by Crippen LogP contribution is -2.48. The number of benzene rings is 2. The molecule has 2 unspecified atom stereocenters. The molecule has 33 heavy (non-hydrogen) atoms. The van der Waals surface area contributed by atoms with Crippen LogP contribution in [-0.4, -0.2) is 35.8 Å². The van der Waals surface area contributed by atoms with Gasteiger partial charge >= 0.3 is 6.03 Å². The Labute approximate surface area is 195 Å². The normalized spacial score (nSPS) is 17.1. The number of hydrogen-bond acceptors (Lipinski definition) is 3. The van der Waals surface area contributed by atoms with Crippen LogP contribution in [0.25, 0.3) is 0 Å². The van der Waals surface area contributed by atoms with Gasteiger partial charge in [-0.25, -0.2) is 4.79 Å². The summed E-state index contributed by atoms with van der Waals surface area (Å²) in [7, 11) is 0. The molecule has 0 aromatic heterocycles. The van der Waals surface area contributed by atoms with Gasteiger partial charge in [0.25, 0.3) is 0 Å². The van der Waals surface area contributed by atoms with E-state index in [1.54, 1.807) is 0 Å². The largest absolute Gasteiger partial charge is 0.349 e. The molecule has 176 valence electrons. The van der Waals surface area contributed by atoms with E-state index >= 15 is 0 Å². The molecule has 0 spiro atoms. The number of carbonyl (C=O) groups excluding carboxylic acids is 3. The Kier molecular flexibility index (Phi) is 7.74. The molecule has 7 nitrogen and oxygen atoms in total. The lowest BCUT2D eigenvalue weighted by atomic mass is 9.90. The Hall–Kier alpha value is -3.35. The molecule has 0 bridgehead atoms. The van der Waals surface area contributed by atoms with Crippen molar-refractivity contribution in [3.8, 4) is 0 Å². The van der Waals surface area contributed by atoms with Crippen molar-refractivity contribution in [2.75, 3.05) is 23.7 Å². The van der Waals surface area contributed by atoms with E-state index < -0.39 is 5.41 Å². The lowest BCUT2D eigenvalue weighted by Gasteiger charge is -2.36. The van der Waals surface area contributed by atoms with Crippen LogP contribution in [0, 0.1) is 11.3 Å². The second-order valence-electron chi connectivity index (χ2n) is 9.64. The first-order chi connectivity index (χ1) is 15.6. The predicted octanol–water partition coefficient (Wildman–Crippen LogP) is 4.79. The van der Waals surface area contributed by atoms with Gasteiger partial charge < -0.3 is 20.9 Å². The van der Waals surface area contributed by atoms with E-state index in [0.717, 1.165) is 18.4 Å². The molecule has 7 heteroatoms. The zero-order valence-electron chi connectivity index (χ0n) is 19.9. The second-order valence-corrected chi connectivity index (χ2v) is 9.64.